The van der Waals surface area contributed by atoms with Gasteiger partial charge in [-0.05, 0) is 58.0 Å². The summed E-state index contributed by atoms with van der Waals surface area (Å²) in [6.45, 7) is 3.00. The first kappa shape index (κ1) is 20.1. The van der Waals surface area contributed by atoms with Gasteiger partial charge in [0.1, 0.15) is 0 Å². The van der Waals surface area contributed by atoms with Gasteiger partial charge in [0.15, 0.2) is 6.23 Å². The van der Waals surface area contributed by atoms with Crippen molar-refractivity contribution in [1.29, 1.82) is 0 Å². The molecule has 3 saturated carbocycles. The fourth-order valence-corrected chi connectivity index (χ4v) is 5.92. The fraction of sp³-hybridized carbons (Fsp3) is 0.952. The maximum Gasteiger partial charge on any atom is 0.190 e. The lowest BCUT2D eigenvalue weighted by molar-refractivity contribution is -0.115. The van der Waals surface area contributed by atoms with Crippen LogP contribution in [0.25, 0.3) is 0 Å². The van der Waals surface area contributed by atoms with E-state index in [0.29, 0.717) is 12.5 Å². The van der Waals surface area contributed by atoms with Gasteiger partial charge in [-0.1, -0.05) is 44.2 Å². The zero-order chi connectivity index (χ0) is 18.6. The van der Waals surface area contributed by atoms with Crippen molar-refractivity contribution in [3.63, 3.8) is 0 Å². The number of likely N-dealkylation sites (N-methyl/N-ethyl adjacent to an activating group) is 2. The zero-order valence-corrected chi connectivity index (χ0v) is 17.0. The van der Waals surface area contributed by atoms with Crippen LogP contribution < -0.4 is 10.6 Å². The molecule has 5 heteroatoms. The normalized spacial score (nSPS) is 39.8. The Labute approximate surface area is 159 Å². The Morgan fingerprint density at radius 1 is 1.12 bits per heavy atom. The molecule has 3 aliphatic carbocycles. The Hall–Kier alpha value is -0.650. The minimum absolute atomic E-state index is 0.0524. The third kappa shape index (κ3) is 3.95. The molecule has 3 N–H and O–H groups in total. The van der Waals surface area contributed by atoms with Gasteiger partial charge < -0.3 is 15.3 Å². The highest BCUT2D eigenvalue weighted by atomic mass is 16.6. The van der Waals surface area contributed by atoms with Crippen molar-refractivity contribution < 1.29 is 9.94 Å². The number of hydrogen-bond donors (Lipinski definition) is 3. The van der Waals surface area contributed by atoms with Gasteiger partial charge in [-0.25, -0.2) is 0 Å². The van der Waals surface area contributed by atoms with Gasteiger partial charge in [-0.2, -0.15) is 0 Å². The summed E-state index contributed by atoms with van der Waals surface area (Å²) >= 11 is 0. The largest absolute Gasteiger partial charge is 0.389 e. The van der Waals surface area contributed by atoms with E-state index in [1.54, 1.807) is 0 Å². The molecule has 3 aliphatic rings. The molecule has 0 radical (unpaired) electrons. The van der Waals surface area contributed by atoms with E-state index in [1.807, 2.05) is 20.3 Å². The number of rotatable bonds is 7. The Kier molecular flexibility index (Phi) is 6.63. The van der Waals surface area contributed by atoms with Gasteiger partial charge in [0.25, 0.3) is 0 Å². The first-order valence-corrected chi connectivity index (χ1v) is 10.8. The first-order valence-electron chi connectivity index (χ1n) is 10.8. The molecule has 26 heavy (non-hydrogen) atoms. The smallest absolute Gasteiger partial charge is 0.190 e. The van der Waals surface area contributed by atoms with Crippen molar-refractivity contribution in [3.05, 3.63) is 0 Å². The van der Waals surface area contributed by atoms with Crippen LogP contribution in [0, 0.1) is 23.2 Å². The van der Waals surface area contributed by atoms with Crippen molar-refractivity contribution in [2.45, 2.75) is 83.0 Å². The molecule has 0 heterocycles. The van der Waals surface area contributed by atoms with Crippen LogP contribution in [-0.2, 0) is 4.84 Å². The van der Waals surface area contributed by atoms with Gasteiger partial charge in [0, 0.05) is 24.1 Å². The van der Waals surface area contributed by atoms with E-state index in [9.17, 15) is 5.11 Å². The van der Waals surface area contributed by atoms with E-state index in [0.717, 1.165) is 37.5 Å². The maximum absolute atomic E-state index is 11.6. The number of oxime groups is 1. The molecule has 0 aromatic heterocycles. The summed E-state index contributed by atoms with van der Waals surface area (Å²) < 4.78 is 0. The zero-order valence-electron chi connectivity index (χ0n) is 17.0. The van der Waals surface area contributed by atoms with Gasteiger partial charge in [-0.15, -0.1) is 0 Å². The predicted octanol–water partition coefficient (Wildman–Crippen LogP) is 3.28. The van der Waals surface area contributed by atoms with Gasteiger partial charge in [0.2, 0.25) is 0 Å². The minimum atomic E-state index is -0.516. The second kappa shape index (κ2) is 8.57. The minimum Gasteiger partial charge on any atom is -0.389 e. The van der Waals surface area contributed by atoms with Crippen molar-refractivity contribution in [2.24, 2.45) is 28.3 Å². The van der Waals surface area contributed by atoms with E-state index < -0.39 is 5.60 Å². The van der Waals surface area contributed by atoms with Crippen LogP contribution in [-0.4, -0.2) is 43.8 Å². The highest BCUT2D eigenvalue weighted by Gasteiger charge is 2.59. The molecule has 0 spiro atoms. The Morgan fingerprint density at radius 3 is 2.58 bits per heavy atom. The summed E-state index contributed by atoms with van der Waals surface area (Å²) in [5, 5.41) is 22.0. The quantitative estimate of drug-likeness (QED) is 0.368. The lowest BCUT2D eigenvalue weighted by Gasteiger charge is -2.50. The van der Waals surface area contributed by atoms with Crippen LogP contribution in [0.3, 0.4) is 0 Å². The molecule has 3 fully saturated rings. The molecule has 1 unspecified atom stereocenters. The van der Waals surface area contributed by atoms with Crippen molar-refractivity contribution in [3.8, 4) is 0 Å². The molecular formula is C21H39N3O2. The summed E-state index contributed by atoms with van der Waals surface area (Å²) in [6.07, 6.45) is 14.1. The number of aliphatic hydroxyl groups is 1. The van der Waals surface area contributed by atoms with E-state index in [1.165, 1.54) is 38.5 Å². The Morgan fingerprint density at radius 2 is 1.88 bits per heavy atom. The standard InChI is InChI=1S/C21H39N3O2/c1-20-11-9-17(16-7-5-4-6-8-16)13-21(20,25)12-10-18(20)14-24-26-19(23-3)15-22-2/h14,16-19,22-23,25H,4-13,15H2,1-3H3/t17-,18+,19?,20+,21-/m0/s1. The Balaban J connectivity index is 1.61. The van der Waals surface area contributed by atoms with E-state index in [2.05, 4.69) is 22.7 Å². The van der Waals surface area contributed by atoms with E-state index in [4.69, 9.17) is 4.84 Å². The summed E-state index contributed by atoms with van der Waals surface area (Å²) in [7, 11) is 3.78. The first-order chi connectivity index (χ1) is 12.5. The van der Waals surface area contributed by atoms with Crippen molar-refractivity contribution in [1.82, 2.24) is 10.6 Å². The second-order valence-corrected chi connectivity index (χ2v) is 9.19. The lowest BCUT2D eigenvalue weighted by Crippen LogP contribution is -2.51. The fourth-order valence-electron chi connectivity index (χ4n) is 5.92. The van der Waals surface area contributed by atoms with Crippen LogP contribution in [0.15, 0.2) is 5.16 Å². The van der Waals surface area contributed by atoms with Crippen LogP contribution in [0.1, 0.15) is 71.1 Å². The SMILES string of the molecule is CNCC(NC)ON=C[C@H]1CC[C@]2(O)C[C@@H](C3CCCCC3)CC[C@]12C. The molecule has 0 amide bonds. The van der Waals surface area contributed by atoms with Crippen LogP contribution in [0.5, 0.6) is 0 Å². The summed E-state index contributed by atoms with van der Waals surface area (Å²) in [5.74, 6) is 1.89. The third-order valence-corrected chi connectivity index (χ3v) is 7.84. The molecule has 0 aromatic rings. The molecule has 3 rings (SSSR count). The van der Waals surface area contributed by atoms with Crippen molar-refractivity contribution >= 4 is 6.21 Å². The van der Waals surface area contributed by atoms with Gasteiger partial charge in [0.05, 0.1) is 5.60 Å². The lowest BCUT2D eigenvalue weighted by atomic mass is 9.57. The summed E-state index contributed by atoms with van der Waals surface area (Å²) in [5.41, 5.74) is -0.569. The molecule has 0 aliphatic heterocycles. The highest BCUT2D eigenvalue weighted by Crippen LogP contribution is 2.60. The highest BCUT2D eigenvalue weighted by molar-refractivity contribution is 5.62. The van der Waals surface area contributed by atoms with Crippen LogP contribution in [0.4, 0.5) is 0 Å². The molecule has 5 atom stereocenters. The number of nitrogens with zero attached hydrogens (tertiary/aromatic N) is 1. The molecule has 5 nitrogen and oxygen atoms in total. The van der Waals surface area contributed by atoms with E-state index >= 15 is 0 Å². The van der Waals surface area contributed by atoms with Crippen LogP contribution >= 0.6 is 0 Å². The average molecular weight is 366 g/mol. The molecule has 0 bridgehead atoms. The second-order valence-electron chi connectivity index (χ2n) is 9.19. The van der Waals surface area contributed by atoms with Gasteiger partial charge >= 0.3 is 0 Å². The molecular weight excluding hydrogens is 326 g/mol. The predicted molar refractivity (Wildman–Crippen MR) is 106 cm³/mol. The topological polar surface area (TPSA) is 65.9 Å². The van der Waals surface area contributed by atoms with Crippen molar-refractivity contribution in [2.75, 3.05) is 20.6 Å². The van der Waals surface area contributed by atoms with Gasteiger partial charge in [-0.3, -0.25) is 5.32 Å². The number of fused-ring (bicyclic) bond motifs is 1. The molecule has 0 saturated heterocycles. The summed E-state index contributed by atoms with van der Waals surface area (Å²) in [6, 6.07) is 0. The number of hydrogen-bond acceptors (Lipinski definition) is 5. The monoisotopic (exact) mass is 365 g/mol. The van der Waals surface area contributed by atoms with Crippen LogP contribution in [0.2, 0.25) is 0 Å². The van der Waals surface area contributed by atoms with E-state index in [-0.39, 0.29) is 11.6 Å². The average Bonchev–Trinajstić information content (AvgIpc) is 2.92. The number of nitrogens with one attached hydrogen (secondary N) is 2. The summed E-state index contributed by atoms with van der Waals surface area (Å²) in [4.78, 5) is 5.58. The molecule has 0 aromatic carbocycles. The third-order valence-electron chi connectivity index (χ3n) is 7.84. The Bertz CT molecular complexity index is 480. The maximum atomic E-state index is 11.6. The molecule has 150 valence electrons.